The highest BCUT2D eigenvalue weighted by molar-refractivity contribution is 5.61. The smallest absolute Gasteiger partial charge is 0.417 e. The first-order chi connectivity index (χ1) is 15.5. The molecular formula is C24H18F3N3O2. The Bertz CT molecular complexity index is 1170. The average Bonchev–Trinajstić information content (AvgIpc) is 2.82. The summed E-state index contributed by atoms with van der Waals surface area (Å²) in [4.78, 5) is 3.69. The minimum atomic E-state index is -4.51. The number of aromatic nitrogens is 3. The monoisotopic (exact) mass is 437 g/mol. The Morgan fingerprint density at radius 1 is 0.719 bits per heavy atom. The van der Waals surface area contributed by atoms with Gasteiger partial charge in [0, 0.05) is 24.0 Å². The third kappa shape index (κ3) is 5.40. The molecule has 4 rings (SSSR count). The molecular weight excluding hydrogens is 419 g/mol. The van der Waals surface area contributed by atoms with Gasteiger partial charge >= 0.3 is 6.18 Å². The van der Waals surface area contributed by atoms with Crippen LogP contribution in [-0.4, -0.2) is 15.2 Å². The number of nitrogens with zero attached hydrogens (tertiary/aromatic N) is 3. The summed E-state index contributed by atoms with van der Waals surface area (Å²) in [6.45, 7) is 0.468. The van der Waals surface area contributed by atoms with E-state index in [4.69, 9.17) is 9.47 Å². The van der Waals surface area contributed by atoms with Crippen molar-refractivity contribution < 1.29 is 22.6 Å². The molecule has 0 aliphatic rings. The Morgan fingerprint density at radius 2 is 1.34 bits per heavy atom. The van der Waals surface area contributed by atoms with Crippen LogP contribution in [0.25, 0.3) is 11.3 Å². The van der Waals surface area contributed by atoms with Crippen LogP contribution in [0.5, 0.6) is 11.6 Å². The summed E-state index contributed by atoms with van der Waals surface area (Å²) >= 11 is 0. The number of halogens is 3. The van der Waals surface area contributed by atoms with Gasteiger partial charge in [0.1, 0.15) is 13.2 Å². The Morgan fingerprint density at radius 3 is 1.97 bits per heavy atom. The molecule has 0 saturated heterocycles. The highest BCUT2D eigenvalue weighted by Gasteiger charge is 2.31. The number of alkyl halides is 3. The van der Waals surface area contributed by atoms with E-state index < -0.39 is 11.7 Å². The number of rotatable bonds is 7. The first-order valence-corrected chi connectivity index (χ1v) is 9.73. The second kappa shape index (κ2) is 9.47. The summed E-state index contributed by atoms with van der Waals surface area (Å²) in [6.07, 6.45) is -2.45. The molecule has 0 unspecified atom stereocenters. The van der Waals surface area contributed by atoms with Crippen LogP contribution in [0.2, 0.25) is 0 Å². The van der Waals surface area contributed by atoms with E-state index in [0.717, 1.165) is 23.4 Å². The number of ether oxygens (including phenoxy) is 2. The Labute approximate surface area is 182 Å². The minimum Gasteiger partial charge on any atom is -0.483 e. The predicted octanol–water partition coefficient (Wildman–Crippen LogP) is 5.72. The van der Waals surface area contributed by atoms with Crippen molar-refractivity contribution in [1.29, 1.82) is 0 Å². The Kier molecular flexibility index (Phi) is 6.30. The van der Waals surface area contributed by atoms with E-state index in [9.17, 15) is 13.2 Å². The van der Waals surface area contributed by atoms with Crippen molar-refractivity contribution in [3.8, 4) is 22.9 Å². The molecule has 0 fully saturated rings. The highest BCUT2D eigenvalue weighted by Crippen LogP contribution is 2.33. The maximum atomic E-state index is 13.1. The van der Waals surface area contributed by atoms with E-state index >= 15 is 0 Å². The van der Waals surface area contributed by atoms with Gasteiger partial charge in [0.2, 0.25) is 0 Å². The molecule has 0 atom stereocenters. The fraction of sp³-hybridized carbons (Fsp3) is 0.125. The number of pyridine rings is 1. The normalized spacial score (nSPS) is 11.2. The molecule has 0 spiro atoms. The van der Waals surface area contributed by atoms with Crippen molar-refractivity contribution in [3.63, 3.8) is 0 Å². The number of hydrogen-bond acceptors (Lipinski definition) is 5. The van der Waals surface area contributed by atoms with Gasteiger partial charge in [-0.05, 0) is 17.2 Å². The summed E-state index contributed by atoms with van der Waals surface area (Å²) in [5.41, 5.74) is 1.34. The summed E-state index contributed by atoms with van der Waals surface area (Å²) < 4.78 is 50.9. The molecule has 0 radical (unpaired) electrons. The lowest BCUT2D eigenvalue weighted by atomic mass is 10.1. The van der Waals surface area contributed by atoms with Gasteiger partial charge in [-0.3, -0.25) is 4.98 Å². The van der Waals surface area contributed by atoms with Crippen molar-refractivity contribution in [1.82, 2.24) is 15.2 Å². The van der Waals surface area contributed by atoms with Gasteiger partial charge in [0.25, 0.3) is 5.88 Å². The maximum absolute atomic E-state index is 13.1. The summed E-state index contributed by atoms with van der Waals surface area (Å²) in [5, 5.41) is 8.11. The quantitative estimate of drug-likeness (QED) is 0.370. The summed E-state index contributed by atoms with van der Waals surface area (Å²) in [5.74, 6) is 0.417. The molecule has 2 heterocycles. The third-order valence-electron chi connectivity index (χ3n) is 4.54. The zero-order chi connectivity index (χ0) is 22.4. The van der Waals surface area contributed by atoms with Crippen LogP contribution in [0.4, 0.5) is 13.2 Å². The minimum absolute atomic E-state index is 0.147. The lowest BCUT2D eigenvalue weighted by molar-refractivity contribution is -0.137. The molecule has 4 aromatic rings. The van der Waals surface area contributed by atoms with E-state index in [0.29, 0.717) is 0 Å². The number of benzene rings is 2. The fourth-order valence-corrected chi connectivity index (χ4v) is 2.90. The fourth-order valence-electron chi connectivity index (χ4n) is 2.90. The molecule has 0 aliphatic carbocycles. The van der Waals surface area contributed by atoms with Gasteiger partial charge in [0.15, 0.2) is 5.75 Å². The van der Waals surface area contributed by atoms with E-state index in [-0.39, 0.29) is 36.1 Å². The molecule has 162 valence electrons. The van der Waals surface area contributed by atoms with Crippen LogP contribution in [0.1, 0.15) is 16.7 Å². The van der Waals surface area contributed by atoms with Gasteiger partial charge in [-0.2, -0.15) is 13.2 Å². The maximum Gasteiger partial charge on any atom is 0.417 e. The molecule has 8 heteroatoms. The van der Waals surface area contributed by atoms with Gasteiger partial charge in [0.05, 0.1) is 11.3 Å². The lowest BCUT2D eigenvalue weighted by Crippen LogP contribution is -2.06. The van der Waals surface area contributed by atoms with E-state index in [1.165, 1.54) is 12.3 Å². The first kappa shape index (κ1) is 21.3. The molecule has 0 saturated carbocycles. The molecule has 0 bridgehead atoms. The standard InChI is InChI=1S/C24H18F3N3O2/c25-24(26,27)20-11-19(13-28-14-20)21-12-22(31-15-17-7-3-1-4-8-17)23(30-29-21)32-16-18-9-5-2-6-10-18/h1-14H,15-16H2. The third-order valence-corrected chi connectivity index (χ3v) is 4.54. The van der Waals surface area contributed by atoms with Crippen LogP contribution in [0.3, 0.4) is 0 Å². The zero-order valence-corrected chi connectivity index (χ0v) is 16.8. The van der Waals surface area contributed by atoms with Crippen molar-refractivity contribution in [3.05, 3.63) is 102 Å². The SMILES string of the molecule is FC(F)(F)c1cncc(-c2cc(OCc3ccccc3)c(OCc3ccccc3)nn2)c1. The van der Waals surface area contributed by atoms with E-state index in [1.54, 1.807) is 0 Å². The molecule has 0 amide bonds. The molecule has 2 aromatic carbocycles. The van der Waals surface area contributed by atoms with Gasteiger partial charge in [-0.1, -0.05) is 60.7 Å². The average molecular weight is 437 g/mol. The van der Waals surface area contributed by atoms with Crippen LogP contribution < -0.4 is 9.47 Å². The van der Waals surface area contributed by atoms with Crippen molar-refractivity contribution in [2.75, 3.05) is 0 Å². The van der Waals surface area contributed by atoms with Crippen LogP contribution in [0.15, 0.2) is 85.2 Å². The summed E-state index contributed by atoms with van der Waals surface area (Å²) in [6, 6.07) is 21.4. The second-order valence-corrected chi connectivity index (χ2v) is 6.91. The van der Waals surface area contributed by atoms with Crippen molar-refractivity contribution >= 4 is 0 Å². The van der Waals surface area contributed by atoms with E-state index in [1.807, 2.05) is 60.7 Å². The van der Waals surface area contributed by atoms with Crippen LogP contribution in [0, 0.1) is 0 Å². The summed E-state index contributed by atoms with van der Waals surface area (Å²) in [7, 11) is 0. The van der Waals surface area contributed by atoms with Gasteiger partial charge in [-0.15, -0.1) is 10.2 Å². The molecule has 2 aromatic heterocycles. The van der Waals surface area contributed by atoms with E-state index in [2.05, 4.69) is 15.2 Å². The molecule has 0 N–H and O–H groups in total. The lowest BCUT2D eigenvalue weighted by Gasteiger charge is -2.13. The molecule has 32 heavy (non-hydrogen) atoms. The second-order valence-electron chi connectivity index (χ2n) is 6.91. The van der Waals surface area contributed by atoms with Gasteiger partial charge in [-0.25, -0.2) is 0 Å². The first-order valence-electron chi connectivity index (χ1n) is 9.73. The van der Waals surface area contributed by atoms with Crippen molar-refractivity contribution in [2.24, 2.45) is 0 Å². The van der Waals surface area contributed by atoms with Crippen LogP contribution in [-0.2, 0) is 19.4 Å². The highest BCUT2D eigenvalue weighted by atomic mass is 19.4. The van der Waals surface area contributed by atoms with Crippen LogP contribution >= 0.6 is 0 Å². The Hall–Kier alpha value is -3.94. The predicted molar refractivity (Wildman–Crippen MR) is 112 cm³/mol. The zero-order valence-electron chi connectivity index (χ0n) is 16.8. The van der Waals surface area contributed by atoms with Crippen molar-refractivity contribution in [2.45, 2.75) is 19.4 Å². The number of hydrogen-bond donors (Lipinski definition) is 0. The molecule has 0 aliphatic heterocycles. The van der Waals surface area contributed by atoms with Gasteiger partial charge < -0.3 is 9.47 Å². The molecule has 5 nitrogen and oxygen atoms in total. The topological polar surface area (TPSA) is 57.1 Å². The Balaban J connectivity index is 1.62. The largest absolute Gasteiger partial charge is 0.483 e.